The van der Waals surface area contributed by atoms with Gasteiger partial charge in [-0.15, -0.1) is 0 Å². The van der Waals surface area contributed by atoms with Crippen LogP contribution in [0.2, 0.25) is 0 Å². The Kier molecular flexibility index (Phi) is 4.56. The topological polar surface area (TPSA) is 70.1 Å². The van der Waals surface area contributed by atoms with Crippen molar-refractivity contribution in [1.82, 2.24) is 9.80 Å². The molecule has 0 unspecified atom stereocenters. The van der Waals surface area contributed by atoms with Gasteiger partial charge in [-0.05, 0) is 27.7 Å². The summed E-state index contributed by atoms with van der Waals surface area (Å²) in [6, 6.07) is 0. The highest BCUT2D eigenvalue weighted by molar-refractivity contribution is 5.80. The predicted octanol–water partition coefficient (Wildman–Crippen LogP) is 0.446. The average Bonchev–Trinajstić information content (AvgIpc) is 2.26. The molecule has 18 heavy (non-hydrogen) atoms. The minimum Gasteiger partial charge on any atom is -0.444 e. The van der Waals surface area contributed by atoms with E-state index in [1.54, 1.807) is 9.80 Å². The zero-order chi connectivity index (χ0) is 13.9. The largest absolute Gasteiger partial charge is 0.444 e. The Morgan fingerprint density at radius 3 is 1.94 bits per heavy atom. The van der Waals surface area contributed by atoms with Gasteiger partial charge in [0.15, 0.2) is 0 Å². The van der Waals surface area contributed by atoms with Crippen molar-refractivity contribution in [3.8, 4) is 0 Å². The summed E-state index contributed by atoms with van der Waals surface area (Å²) in [6.07, 6.45) is -1.34. The van der Waals surface area contributed by atoms with Crippen LogP contribution >= 0.6 is 0 Å². The van der Waals surface area contributed by atoms with Crippen LogP contribution in [0.1, 0.15) is 27.7 Å². The molecule has 6 nitrogen and oxygen atoms in total. The molecule has 0 saturated carbocycles. The number of ether oxygens (including phenoxy) is 1. The van der Waals surface area contributed by atoms with E-state index in [0.717, 1.165) is 0 Å². The van der Waals surface area contributed by atoms with E-state index < -0.39 is 11.7 Å². The van der Waals surface area contributed by atoms with Gasteiger partial charge in [0, 0.05) is 26.2 Å². The van der Waals surface area contributed by atoms with Crippen LogP contribution in [-0.2, 0) is 9.53 Å². The fourth-order valence-corrected chi connectivity index (χ4v) is 1.70. The molecule has 1 rings (SSSR count). The fourth-order valence-electron chi connectivity index (χ4n) is 1.70. The Morgan fingerprint density at radius 1 is 1.11 bits per heavy atom. The van der Waals surface area contributed by atoms with E-state index >= 15 is 0 Å². The summed E-state index contributed by atoms with van der Waals surface area (Å²) in [7, 11) is 0. The van der Waals surface area contributed by atoms with Gasteiger partial charge in [0.1, 0.15) is 11.7 Å². The Morgan fingerprint density at radius 2 is 1.56 bits per heavy atom. The van der Waals surface area contributed by atoms with Crippen LogP contribution in [-0.4, -0.2) is 64.8 Å². The fraction of sp³-hybridized carbons (Fsp3) is 0.833. The summed E-state index contributed by atoms with van der Waals surface area (Å²) >= 11 is 0. The molecule has 0 aromatic rings. The maximum Gasteiger partial charge on any atom is 0.410 e. The number of hydrogen-bond donors (Lipinski definition) is 1. The lowest BCUT2D eigenvalue weighted by molar-refractivity contribution is -0.141. The third-order valence-corrected chi connectivity index (χ3v) is 2.60. The van der Waals surface area contributed by atoms with Gasteiger partial charge in [0.05, 0.1) is 0 Å². The molecule has 1 N–H and O–H groups in total. The van der Waals surface area contributed by atoms with Crippen LogP contribution in [0.5, 0.6) is 0 Å². The lowest BCUT2D eigenvalue weighted by atomic mass is 10.2. The highest BCUT2D eigenvalue weighted by Crippen LogP contribution is 2.12. The lowest BCUT2D eigenvalue weighted by Crippen LogP contribution is -2.53. The second kappa shape index (κ2) is 5.56. The normalized spacial score (nSPS) is 18.5. The molecule has 1 heterocycles. The third kappa shape index (κ3) is 4.18. The van der Waals surface area contributed by atoms with Crippen molar-refractivity contribution < 1.29 is 19.4 Å². The van der Waals surface area contributed by atoms with E-state index in [9.17, 15) is 14.7 Å². The number of hydrogen-bond acceptors (Lipinski definition) is 4. The van der Waals surface area contributed by atoms with Crippen LogP contribution in [0, 0.1) is 0 Å². The lowest BCUT2D eigenvalue weighted by Gasteiger charge is -2.36. The zero-order valence-corrected chi connectivity index (χ0v) is 11.5. The standard InChI is InChI=1S/C12H22N2O4/c1-9(15)10(16)13-5-7-14(8-6-13)11(17)18-12(2,3)4/h9,15H,5-8H2,1-4H3/t9-/m0/s1. The molecule has 0 radical (unpaired) electrons. The molecule has 0 spiro atoms. The summed E-state index contributed by atoms with van der Waals surface area (Å²) in [4.78, 5) is 26.5. The Hall–Kier alpha value is -1.30. The molecular weight excluding hydrogens is 236 g/mol. The second-order valence-corrected chi connectivity index (χ2v) is 5.47. The number of carbonyl (C=O) groups excluding carboxylic acids is 2. The molecule has 1 aliphatic heterocycles. The van der Waals surface area contributed by atoms with Gasteiger partial charge in [-0.2, -0.15) is 0 Å². The smallest absolute Gasteiger partial charge is 0.410 e. The monoisotopic (exact) mass is 258 g/mol. The first-order valence-corrected chi connectivity index (χ1v) is 6.15. The zero-order valence-electron chi connectivity index (χ0n) is 11.5. The molecule has 2 amide bonds. The first kappa shape index (κ1) is 14.8. The van der Waals surface area contributed by atoms with E-state index in [1.165, 1.54) is 6.92 Å². The van der Waals surface area contributed by atoms with Crippen molar-refractivity contribution in [2.24, 2.45) is 0 Å². The molecule has 1 aliphatic rings. The van der Waals surface area contributed by atoms with Gasteiger partial charge in [-0.25, -0.2) is 4.79 Å². The van der Waals surface area contributed by atoms with E-state index in [2.05, 4.69) is 0 Å². The van der Waals surface area contributed by atoms with Crippen LogP contribution in [0.4, 0.5) is 4.79 Å². The number of aliphatic hydroxyl groups excluding tert-OH is 1. The van der Waals surface area contributed by atoms with Gasteiger partial charge < -0.3 is 19.6 Å². The number of piperazine rings is 1. The molecule has 0 aromatic heterocycles. The van der Waals surface area contributed by atoms with E-state index in [1.807, 2.05) is 20.8 Å². The quantitative estimate of drug-likeness (QED) is 0.741. The molecule has 0 aliphatic carbocycles. The van der Waals surface area contributed by atoms with Gasteiger partial charge in [-0.1, -0.05) is 0 Å². The Labute approximate surface area is 107 Å². The Balaban J connectivity index is 2.44. The van der Waals surface area contributed by atoms with Gasteiger partial charge in [0.2, 0.25) is 0 Å². The van der Waals surface area contributed by atoms with Crippen molar-refractivity contribution >= 4 is 12.0 Å². The van der Waals surface area contributed by atoms with Crippen LogP contribution in [0.25, 0.3) is 0 Å². The average molecular weight is 258 g/mol. The van der Waals surface area contributed by atoms with Crippen molar-refractivity contribution in [2.45, 2.75) is 39.4 Å². The summed E-state index contributed by atoms with van der Waals surface area (Å²) in [5.74, 6) is -0.293. The summed E-state index contributed by atoms with van der Waals surface area (Å²) in [6.45, 7) is 8.64. The van der Waals surface area contributed by atoms with E-state index in [4.69, 9.17) is 4.74 Å². The predicted molar refractivity (Wildman–Crippen MR) is 66.1 cm³/mol. The number of carbonyl (C=O) groups is 2. The van der Waals surface area contributed by atoms with Crippen LogP contribution in [0.15, 0.2) is 0 Å². The van der Waals surface area contributed by atoms with Gasteiger partial charge in [-0.3, -0.25) is 4.79 Å². The van der Waals surface area contributed by atoms with Crippen molar-refractivity contribution in [1.29, 1.82) is 0 Å². The third-order valence-electron chi connectivity index (χ3n) is 2.60. The summed E-state index contributed by atoms with van der Waals surface area (Å²) in [5.41, 5.74) is -0.510. The molecule has 1 fully saturated rings. The molecule has 0 bridgehead atoms. The molecule has 104 valence electrons. The maximum absolute atomic E-state index is 11.8. The van der Waals surface area contributed by atoms with Crippen molar-refractivity contribution in [3.63, 3.8) is 0 Å². The number of amides is 2. The first-order chi connectivity index (χ1) is 8.20. The molecule has 0 aromatic carbocycles. The van der Waals surface area contributed by atoms with Gasteiger partial charge >= 0.3 is 6.09 Å². The maximum atomic E-state index is 11.8. The van der Waals surface area contributed by atoms with Crippen LogP contribution < -0.4 is 0 Å². The van der Waals surface area contributed by atoms with E-state index in [0.29, 0.717) is 26.2 Å². The SMILES string of the molecule is C[C@H](O)C(=O)N1CCN(C(=O)OC(C)(C)C)CC1. The van der Waals surface area contributed by atoms with Gasteiger partial charge in [0.25, 0.3) is 5.91 Å². The summed E-state index contributed by atoms with van der Waals surface area (Å²) in [5, 5.41) is 9.20. The molecule has 1 saturated heterocycles. The molecule has 6 heteroatoms. The first-order valence-electron chi connectivity index (χ1n) is 6.15. The number of aliphatic hydroxyl groups is 1. The Bertz CT molecular complexity index is 315. The second-order valence-electron chi connectivity index (χ2n) is 5.47. The minimum absolute atomic E-state index is 0.293. The minimum atomic E-state index is -0.988. The number of rotatable bonds is 1. The molecule has 1 atom stereocenters. The van der Waals surface area contributed by atoms with Crippen LogP contribution in [0.3, 0.4) is 0 Å². The number of nitrogens with zero attached hydrogens (tertiary/aromatic N) is 2. The van der Waals surface area contributed by atoms with Crippen molar-refractivity contribution in [2.75, 3.05) is 26.2 Å². The van der Waals surface area contributed by atoms with Crippen molar-refractivity contribution in [3.05, 3.63) is 0 Å². The summed E-state index contributed by atoms with van der Waals surface area (Å²) < 4.78 is 5.25. The molecular formula is C12H22N2O4. The highest BCUT2D eigenvalue weighted by atomic mass is 16.6. The highest BCUT2D eigenvalue weighted by Gasteiger charge is 2.28. The van der Waals surface area contributed by atoms with E-state index in [-0.39, 0.29) is 12.0 Å².